The third-order valence-electron chi connectivity index (χ3n) is 6.68. The summed E-state index contributed by atoms with van der Waals surface area (Å²) in [5.74, 6) is 0.431. The first-order chi connectivity index (χ1) is 19.0. The van der Waals surface area contributed by atoms with Gasteiger partial charge in [0.15, 0.2) is 12.0 Å². The van der Waals surface area contributed by atoms with Crippen molar-refractivity contribution in [3.05, 3.63) is 54.4 Å². The molecular weight excluding hydrogens is 505 g/mol. The number of piperidine rings is 1. The third kappa shape index (κ3) is 6.22. The van der Waals surface area contributed by atoms with Crippen LogP contribution in [0.25, 0.3) is 11.4 Å². The molecule has 0 radical (unpaired) electrons. The van der Waals surface area contributed by atoms with Crippen LogP contribution in [0.1, 0.15) is 12.0 Å². The first kappa shape index (κ1) is 26.3. The molecule has 2 fully saturated rings. The summed E-state index contributed by atoms with van der Waals surface area (Å²) in [6.45, 7) is 2.60. The molecule has 202 valence electrons. The monoisotopic (exact) mass is 533 g/mol. The van der Waals surface area contributed by atoms with E-state index in [4.69, 9.17) is 14.6 Å². The van der Waals surface area contributed by atoms with Crippen molar-refractivity contribution in [3.8, 4) is 23.2 Å². The summed E-state index contributed by atoms with van der Waals surface area (Å²) in [5.41, 5.74) is 2.72. The van der Waals surface area contributed by atoms with E-state index in [1.807, 2.05) is 24.3 Å². The van der Waals surface area contributed by atoms with E-state index in [-0.39, 0.29) is 30.8 Å². The minimum absolute atomic E-state index is 0.166. The Hall–Kier alpha value is -4.34. The summed E-state index contributed by atoms with van der Waals surface area (Å²) >= 11 is 0. The first-order valence-corrected chi connectivity index (χ1v) is 12.7. The highest BCUT2D eigenvalue weighted by Crippen LogP contribution is 2.29. The van der Waals surface area contributed by atoms with Gasteiger partial charge in [-0.3, -0.25) is 4.79 Å². The van der Waals surface area contributed by atoms with Crippen LogP contribution in [0.4, 0.5) is 21.7 Å². The number of benzene rings is 2. The fourth-order valence-corrected chi connectivity index (χ4v) is 4.57. The second kappa shape index (κ2) is 12.0. The lowest BCUT2D eigenvalue weighted by Crippen LogP contribution is -2.50. The minimum Gasteiger partial charge on any atom is -0.486 e. The molecule has 2 atom stereocenters. The van der Waals surface area contributed by atoms with Gasteiger partial charge in [0.2, 0.25) is 11.9 Å². The summed E-state index contributed by atoms with van der Waals surface area (Å²) in [6, 6.07) is 14.9. The average molecular weight is 534 g/mol. The standard InChI is InChI=1S/C27H28FN7O4/c28-22-15-35(25(37)16-36)8-7-24(22)39-23-6-1-18(13-19(23)14-29)26-30-17-31-27(33-26)32-20-2-4-21(5-3-20)34-9-11-38-12-10-34/h1-6,13,17,22,24,36H,7-12,15-16H2,(H,30,31,32,33)/t22?,24-/m0/s1. The highest BCUT2D eigenvalue weighted by molar-refractivity contribution is 5.77. The van der Waals surface area contributed by atoms with Crippen LogP contribution in [0.2, 0.25) is 0 Å². The number of carbonyl (C=O) groups is 1. The fraction of sp³-hybridized carbons (Fsp3) is 0.370. The minimum atomic E-state index is -1.44. The topological polar surface area (TPSA) is 137 Å². The fourth-order valence-electron chi connectivity index (χ4n) is 4.57. The molecule has 5 rings (SSSR count). The highest BCUT2D eigenvalue weighted by atomic mass is 19.1. The van der Waals surface area contributed by atoms with Gasteiger partial charge in [-0.05, 0) is 42.5 Å². The number of nitrogens with one attached hydrogen (secondary N) is 1. The average Bonchev–Trinajstić information content (AvgIpc) is 2.99. The summed E-state index contributed by atoms with van der Waals surface area (Å²) in [6.07, 6.45) is -0.623. The van der Waals surface area contributed by atoms with Crippen LogP contribution >= 0.6 is 0 Å². The number of alkyl halides is 1. The summed E-state index contributed by atoms with van der Waals surface area (Å²) in [5, 5.41) is 21.9. The van der Waals surface area contributed by atoms with Crippen molar-refractivity contribution in [2.75, 3.05) is 56.2 Å². The van der Waals surface area contributed by atoms with Gasteiger partial charge in [0.25, 0.3) is 0 Å². The molecule has 39 heavy (non-hydrogen) atoms. The SMILES string of the molecule is N#Cc1cc(-c2ncnc(Nc3ccc(N4CCOCC4)cc3)n2)ccc1O[C@H]1CCN(C(=O)CO)CC1F. The van der Waals surface area contributed by atoms with Gasteiger partial charge in [-0.2, -0.15) is 10.2 Å². The first-order valence-electron chi connectivity index (χ1n) is 12.7. The van der Waals surface area contributed by atoms with Crippen LogP contribution < -0.4 is 15.0 Å². The normalized spacial score (nSPS) is 19.3. The Kier molecular flexibility index (Phi) is 8.10. The number of nitriles is 1. The van der Waals surface area contributed by atoms with Crippen molar-refractivity contribution >= 4 is 23.2 Å². The Bertz CT molecular complexity index is 1340. The number of aliphatic hydroxyl groups excluding tert-OH is 1. The zero-order chi connectivity index (χ0) is 27.2. The van der Waals surface area contributed by atoms with E-state index in [1.165, 1.54) is 11.2 Å². The van der Waals surface area contributed by atoms with Gasteiger partial charge in [-0.15, -0.1) is 0 Å². The zero-order valence-corrected chi connectivity index (χ0v) is 21.2. The number of ether oxygens (including phenoxy) is 2. The van der Waals surface area contributed by atoms with E-state index in [0.29, 0.717) is 17.3 Å². The van der Waals surface area contributed by atoms with E-state index in [2.05, 4.69) is 31.2 Å². The maximum Gasteiger partial charge on any atom is 0.248 e. The molecule has 12 heteroatoms. The van der Waals surface area contributed by atoms with Crippen LogP contribution in [0.15, 0.2) is 48.8 Å². The Balaban J connectivity index is 1.26. The molecule has 0 bridgehead atoms. The molecule has 3 heterocycles. The van der Waals surface area contributed by atoms with E-state index in [9.17, 15) is 14.4 Å². The van der Waals surface area contributed by atoms with E-state index >= 15 is 0 Å². The maximum atomic E-state index is 14.7. The number of carbonyl (C=O) groups excluding carboxylic acids is 1. The van der Waals surface area contributed by atoms with Gasteiger partial charge in [-0.1, -0.05) is 0 Å². The van der Waals surface area contributed by atoms with Crippen molar-refractivity contribution in [2.45, 2.75) is 18.7 Å². The summed E-state index contributed by atoms with van der Waals surface area (Å²) in [7, 11) is 0. The molecular formula is C27H28FN7O4. The number of anilines is 3. The second-order valence-electron chi connectivity index (χ2n) is 9.19. The largest absolute Gasteiger partial charge is 0.486 e. The number of morpholine rings is 1. The van der Waals surface area contributed by atoms with Crippen molar-refractivity contribution in [1.82, 2.24) is 19.9 Å². The molecule has 2 N–H and O–H groups in total. The van der Waals surface area contributed by atoms with Crippen LogP contribution in [-0.4, -0.2) is 89.1 Å². The highest BCUT2D eigenvalue weighted by Gasteiger charge is 2.33. The number of hydrogen-bond acceptors (Lipinski definition) is 10. The van der Waals surface area contributed by atoms with Crippen molar-refractivity contribution in [1.29, 1.82) is 5.26 Å². The van der Waals surface area contributed by atoms with Gasteiger partial charge < -0.3 is 29.7 Å². The van der Waals surface area contributed by atoms with E-state index in [1.54, 1.807) is 18.2 Å². The molecule has 2 aromatic carbocycles. The Labute approximate surface area is 224 Å². The van der Waals surface area contributed by atoms with Gasteiger partial charge in [0, 0.05) is 43.0 Å². The molecule has 2 saturated heterocycles. The van der Waals surface area contributed by atoms with Crippen molar-refractivity contribution in [2.24, 2.45) is 0 Å². The van der Waals surface area contributed by atoms with Gasteiger partial charge in [-0.25, -0.2) is 14.4 Å². The number of amides is 1. The number of hydrogen-bond donors (Lipinski definition) is 2. The quantitative estimate of drug-likeness (QED) is 0.465. The molecule has 0 spiro atoms. The molecule has 2 aliphatic heterocycles. The van der Waals surface area contributed by atoms with Crippen LogP contribution in [0, 0.1) is 11.3 Å². The van der Waals surface area contributed by atoms with Crippen LogP contribution in [0.5, 0.6) is 5.75 Å². The number of aliphatic hydroxyl groups is 1. The number of nitrogens with zero attached hydrogens (tertiary/aromatic N) is 6. The number of aromatic nitrogens is 3. The van der Waals surface area contributed by atoms with Gasteiger partial charge >= 0.3 is 0 Å². The second-order valence-corrected chi connectivity index (χ2v) is 9.19. The predicted octanol–water partition coefficient (Wildman–Crippen LogP) is 2.30. The summed E-state index contributed by atoms with van der Waals surface area (Å²) < 4.78 is 25.9. The van der Waals surface area contributed by atoms with Crippen molar-refractivity contribution < 1.29 is 23.8 Å². The molecule has 0 saturated carbocycles. The zero-order valence-electron chi connectivity index (χ0n) is 21.2. The van der Waals surface area contributed by atoms with Crippen molar-refractivity contribution in [3.63, 3.8) is 0 Å². The third-order valence-corrected chi connectivity index (χ3v) is 6.68. The molecule has 3 aromatic rings. The molecule has 1 unspecified atom stereocenters. The van der Waals surface area contributed by atoms with E-state index < -0.39 is 24.8 Å². The molecule has 11 nitrogen and oxygen atoms in total. The van der Waals surface area contributed by atoms with Gasteiger partial charge in [0.1, 0.15) is 30.9 Å². The predicted molar refractivity (Wildman–Crippen MR) is 140 cm³/mol. The maximum absolute atomic E-state index is 14.7. The Morgan fingerprint density at radius 2 is 1.97 bits per heavy atom. The number of halogens is 1. The lowest BCUT2D eigenvalue weighted by Gasteiger charge is -2.34. The van der Waals surface area contributed by atoms with Gasteiger partial charge in [0.05, 0.1) is 25.3 Å². The molecule has 1 amide bonds. The van der Waals surface area contributed by atoms with E-state index in [0.717, 1.165) is 37.7 Å². The molecule has 1 aromatic heterocycles. The van der Waals surface area contributed by atoms with Crippen LogP contribution in [-0.2, 0) is 9.53 Å². The molecule has 0 aliphatic carbocycles. The Morgan fingerprint density at radius 3 is 2.69 bits per heavy atom. The lowest BCUT2D eigenvalue weighted by atomic mass is 10.0. The molecule has 2 aliphatic rings. The van der Waals surface area contributed by atoms with Crippen LogP contribution in [0.3, 0.4) is 0 Å². The number of likely N-dealkylation sites (tertiary alicyclic amines) is 1. The smallest absolute Gasteiger partial charge is 0.248 e. The summed E-state index contributed by atoms with van der Waals surface area (Å²) in [4.78, 5) is 28.1. The Morgan fingerprint density at radius 1 is 1.18 bits per heavy atom. The number of rotatable bonds is 7. The lowest BCUT2D eigenvalue weighted by molar-refractivity contribution is -0.138.